The second-order valence-electron chi connectivity index (χ2n) is 3.11. The van der Waals surface area contributed by atoms with Crippen LogP contribution in [0.3, 0.4) is 0 Å². The topological polar surface area (TPSA) is 68.3 Å². The van der Waals surface area contributed by atoms with Gasteiger partial charge in [-0.15, -0.1) is 0 Å². The first-order chi connectivity index (χ1) is 7.94. The molecule has 0 aliphatic carbocycles. The van der Waals surface area contributed by atoms with E-state index in [4.69, 9.17) is 16.3 Å². The Kier molecular flexibility index (Phi) is 5.64. The van der Waals surface area contributed by atoms with Gasteiger partial charge in [-0.2, -0.15) is 0 Å². The van der Waals surface area contributed by atoms with Crippen molar-refractivity contribution >= 4 is 43.2 Å². The molecule has 1 N–H and O–H groups in total. The first-order valence-corrected chi connectivity index (χ1v) is 7.66. The Hall–Kier alpha value is -0.370. The summed E-state index contributed by atoms with van der Waals surface area (Å²) in [4.78, 5) is 3.82. The molecule has 0 saturated heterocycles. The van der Waals surface area contributed by atoms with Gasteiger partial charge in [0, 0.05) is 6.61 Å². The monoisotopic (exact) mass is 342 g/mol. The highest BCUT2D eigenvalue weighted by Crippen LogP contribution is 2.23. The number of pyridine rings is 1. The minimum atomic E-state index is -3.42. The molecule has 0 atom stereocenters. The van der Waals surface area contributed by atoms with Gasteiger partial charge in [-0.3, -0.25) is 4.72 Å². The third kappa shape index (κ3) is 5.20. The van der Waals surface area contributed by atoms with E-state index in [-0.39, 0.29) is 17.5 Å². The number of nitrogens with one attached hydrogen (secondary N) is 1. The van der Waals surface area contributed by atoms with Gasteiger partial charge in [0.15, 0.2) is 0 Å². The zero-order valence-corrected chi connectivity index (χ0v) is 12.3. The lowest BCUT2D eigenvalue weighted by Gasteiger charge is -2.08. The van der Waals surface area contributed by atoms with Crippen LogP contribution in [0.25, 0.3) is 0 Å². The molecule has 1 aromatic rings. The van der Waals surface area contributed by atoms with E-state index in [0.717, 1.165) is 0 Å². The quantitative estimate of drug-likeness (QED) is 0.635. The molecule has 1 aromatic heterocycles. The number of hydrogen-bond donors (Lipinski definition) is 1. The molecule has 1 rings (SSSR count). The maximum atomic E-state index is 11.6. The van der Waals surface area contributed by atoms with Crippen molar-refractivity contribution in [2.45, 2.75) is 6.92 Å². The van der Waals surface area contributed by atoms with E-state index in [1.807, 2.05) is 0 Å². The molecule has 0 aliphatic heterocycles. The first-order valence-electron chi connectivity index (χ1n) is 4.84. The van der Waals surface area contributed by atoms with Crippen LogP contribution in [0.1, 0.15) is 6.92 Å². The number of sulfonamides is 1. The lowest BCUT2D eigenvalue weighted by atomic mass is 10.4. The smallest absolute Gasteiger partial charge is 0.235 e. The van der Waals surface area contributed by atoms with Crippen LogP contribution in [0.5, 0.6) is 0 Å². The Morgan fingerprint density at radius 3 is 2.88 bits per heavy atom. The molecule has 0 saturated carbocycles. The molecule has 0 fully saturated rings. The molecular weight excluding hydrogens is 332 g/mol. The van der Waals surface area contributed by atoms with Gasteiger partial charge in [0.2, 0.25) is 10.0 Å². The molecule has 17 heavy (non-hydrogen) atoms. The van der Waals surface area contributed by atoms with Crippen molar-refractivity contribution in [3.05, 3.63) is 21.9 Å². The summed E-state index contributed by atoms with van der Waals surface area (Å²) in [6.45, 7) is 2.46. The molecule has 5 nitrogen and oxygen atoms in total. The summed E-state index contributed by atoms with van der Waals surface area (Å²) in [5.74, 6) is -0.0961. The van der Waals surface area contributed by atoms with Gasteiger partial charge in [0.25, 0.3) is 0 Å². The molecule has 0 aromatic carbocycles. The molecule has 0 unspecified atom stereocenters. The Bertz CT molecular complexity index is 481. The maximum Gasteiger partial charge on any atom is 0.235 e. The summed E-state index contributed by atoms with van der Waals surface area (Å²) >= 11 is 8.86. The predicted molar refractivity (Wildman–Crippen MR) is 70.8 cm³/mol. The van der Waals surface area contributed by atoms with Crippen LogP contribution in [0.15, 0.2) is 16.7 Å². The average molecular weight is 344 g/mol. The molecule has 8 heteroatoms. The van der Waals surface area contributed by atoms with Crippen molar-refractivity contribution in [3.8, 4) is 0 Å². The van der Waals surface area contributed by atoms with Gasteiger partial charge in [0.05, 0.1) is 28.7 Å². The number of nitrogens with zero attached hydrogens (tertiary/aromatic N) is 1. The fourth-order valence-corrected chi connectivity index (χ4v) is 2.38. The number of ether oxygens (including phenoxy) is 1. The minimum Gasteiger partial charge on any atom is -0.381 e. The third-order valence-corrected chi connectivity index (χ3v) is 4.15. The standard InChI is InChI=1S/C9H12BrClN2O3S/c1-2-16-3-4-17(14,15)13-7-5-8(10)9(11)12-6-7/h5-6,13H,2-4H2,1H3. The third-order valence-electron chi connectivity index (χ3n) is 1.77. The van der Waals surface area contributed by atoms with Crippen LogP contribution in [-0.4, -0.2) is 32.4 Å². The van der Waals surface area contributed by atoms with Crippen molar-refractivity contribution in [2.24, 2.45) is 0 Å². The van der Waals surface area contributed by atoms with Crippen LogP contribution >= 0.6 is 27.5 Å². The van der Waals surface area contributed by atoms with Crippen molar-refractivity contribution < 1.29 is 13.2 Å². The Morgan fingerprint density at radius 1 is 1.59 bits per heavy atom. The molecular formula is C9H12BrClN2O3S. The highest BCUT2D eigenvalue weighted by atomic mass is 79.9. The second kappa shape index (κ2) is 6.53. The lowest BCUT2D eigenvalue weighted by molar-refractivity contribution is 0.163. The van der Waals surface area contributed by atoms with Crippen molar-refractivity contribution in [2.75, 3.05) is 23.7 Å². The van der Waals surface area contributed by atoms with Gasteiger partial charge in [0.1, 0.15) is 5.15 Å². The van der Waals surface area contributed by atoms with Crippen LogP contribution in [0.2, 0.25) is 5.15 Å². The van der Waals surface area contributed by atoms with E-state index in [1.54, 1.807) is 13.0 Å². The number of halogens is 2. The van der Waals surface area contributed by atoms with Crippen molar-refractivity contribution in [1.82, 2.24) is 4.98 Å². The van der Waals surface area contributed by atoms with Gasteiger partial charge in [-0.1, -0.05) is 11.6 Å². The molecule has 0 spiro atoms. The highest BCUT2D eigenvalue weighted by molar-refractivity contribution is 9.10. The van der Waals surface area contributed by atoms with Gasteiger partial charge >= 0.3 is 0 Å². The number of aromatic nitrogens is 1. The Morgan fingerprint density at radius 2 is 2.29 bits per heavy atom. The highest BCUT2D eigenvalue weighted by Gasteiger charge is 2.11. The fourth-order valence-electron chi connectivity index (χ4n) is 1.02. The maximum absolute atomic E-state index is 11.6. The summed E-state index contributed by atoms with van der Waals surface area (Å²) in [6, 6.07) is 1.55. The van der Waals surface area contributed by atoms with E-state index in [1.165, 1.54) is 6.20 Å². The minimum absolute atomic E-state index is 0.0961. The van der Waals surface area contributed by atoms with Crippen LogP contribution in [0, 0.1) is 0 Å². The molecule has 0 bridgehead atoms. The average Bonchev–Trinajstić information content (AvgIpc) is 2.23. The van der Waals surface area contributed by atoms with E-state index >= 15 is 0 Å². The molecule has 0 amide bonds. The van der Waals surface area contributed by atoms with Crippen molar-refractivity contribution in [1.29, 1.82) is 0 Å². The van der Waals surface area contributed by atoms with Gasteiger partial charge in [-0.25, -0.2) is 13.4 Å². The zero-order valence-electron chi connectivity index (χ0n) is 9.11. The van der Waals surface area contributed by atoms with E-state index < -0.39 is 10.0 Å². The van der Waals surface area contributed by atoms with E-state index in [2.05, 4.69) is 25.6 Å². The SMILES string of the molecule is CCOCCS(=O)(=O)Nc1cnc(Cl)c(Br)c1. The fraction of sp³-hybridized carbons (Fsp3) is 0.444. The van der Waals surface area contributed by atoms with Crippen LogP contribution in [0.4, 0.5) is 5.69 Å². The zero-order chi connectivity index (χ0) is 12.9. The second-order valence-corrected chi connectivity index (χ2v) is 6.17. The first kappa shape index (κ1) is 14.7. The van der Waals surface area contributed by atoms with Gasteiger partial charge < -0.3 is 4.74 Å². The largest absolute Gasteiger partial charge is 0.381 e. The number of hydrogen-bond acceptors (Lipinski definition) is 4. The summed E-state index contributed by atoms with van der Waals surface area (Å²) in [5, 5.41) is 0.280. The normalized spacial score (nSPS) is 11.5. The summed E-state index contributed by atoms with van der Waals surface area (Å²) in [6.07, 6.45) is 1.35. The summed E-state index contributed by atoms with van der Waals surface area (Å²) in [7, 11) is -3.42. The van der Waals surface area contributed by atoms with E-state index in [0.29, 0.717) is 16.8 Å². The van der Waals surface area contributed by atoms with Crippen LogP contribution in [-0.2, 0) is 14.8 Å². The van der Waals surface area contributed by atoms with Crippen LogP contribution < -0.4 is 4.72 Å². The van der Waals surface area contributed by atoms with Crippen molar-refractivity contribution in [3.63, 3.8) is 0 Å². The lowest BCUT2D eigenvalue weighted by Crippen LogP contribution is -2.20. The predicted octanol–water partition coefficient (Wildman–Crippen LogP) is 2.28. The summed E-state index contributed by atoms with van der Waals surface area (Å²) in [5.41, 5.74) is 0.359. The van der Waals surface area contributed by atoms with Gasteiger partial charge in [-0.05, 0) is 28.9 Å². The summed E-state index contributed by atoms with van der Waals surface area (Å²) < 4.78 is 31.1. The van der Waals surface area contributed by atoms with E-state index in [9.17, 15) is 8.42 Å². The number of rotatable bonds is 6. The molecule has 96 valence electrons. The molecule has 0 aliphatic rings. The Balaban J connectivity index is 2.66. The molecule has 1 heterocycles. The Labute approximate surface area is 114 Å². The molecule has 0 radical (unpaired) electrons. The number of anilines is 1.